The van der Waals surface area contributed by atoms with Crippen molar-refractivity contribution in [3.8, 4) is 5.88 Å². The number of nitro benzene ring substituents is 1. The Morgan fingerprint density at radius 2 is 1.67 bits per heavy atom. The van der Waals surface area contributed by atoms with E-state index in [1.54, 1.807) is 31.2 Å². The summed E-state index contributed by atoms with van der Waals surface area (Å²) in [5, 5.41) is 19.2. The van der Waals surface area contributed by atoms with E-state index in [0.717, 1.165) is 51.4 Å². The van der Waals surface area contributed by atoms with E-state index < -0.39 is 11.0 Å². The third kappa shape index (κ3) is 13.4. The first-order chi connectivity index (χ1) is 18.9. The number of amides is 3. The smallest absolute Gasteiger partial charge is 0.407 e. The van der Waals surface area contributed by atoms with Crippen LogP contribution in [0, 0.1) is 17.0 Å². The highest BCUT2D eigenvalue weighted by molar-refractivity contribution is 5.87. The second kappa shape index (κ2) is 18.3. The molecule has 39 heavy (non-hydrogen) atoms. The van der Waals surface area contributed by atoms with Crippen LogP contribution in [0.4, 0.5) is 21.2 Å². The number of ether oxygens (including phenoxy) is 2. The molecule has 1 aromatic heterocycles. The van der Waals surface area contributed by atoms with Crippen LogP contribution >= 0.6 is 0 Å². The maximum atomic E-state index is 12.2. The molecule has 3 amide bonds. The summed E-state index contributed by atoms with van der Waals surface area (Å²) in [6, 6.07) is 7.42. The highest BCUT2D eigenvalue weighted by Crippen LogP contribution is 2.20. The quantitative estimate of drug-likeness (QED) is 0.121. The molecule has 0 unspecified atom stereocenters. The second-order valence-corrected chi connectivity index (χ2v) is 8.91. The summed E-state index contributed by atoms with van der Waals surface area (Å²) in [4.78, 5) is 42.9. The molecule has 0 spiro atoms. The van der Waals surface area contributed by atoms with Crippen LogP contribution in [0.1, 0.15) is 62.6 Å². The Kier molecular flexibility index (Phi) is 14.6. The Morgan fingerprint density at radius 3 is 2.41 bits per heavy atom. The number of nitro groups is 1. The number of aryl methyl sites for hydroxylation is 1. The lowest BCUT2D eigenvalue weighted by Crippen LogP contribution is -2.30. The van der Waals surface area contributed by atoms with E-state index in [4.69, 9.17) is 15.2 Å². The number of anilines is 1. The molecule has 0 atom stereocenters. The van der Waals surface area contributed by atoms with Crippen LogP contribution in [0.2, 0.25) is 0 Å². The lowest BCUT2D eigenvalue weighted by Gasteiger charge is -2.10. The van der Waals surface area contributed by atoms with Crippen molar-refractivity contribution in [2.24, 2.45) is 5.73 Å². The van der Waals surface area contributed by atoms with Crippen molar-refractivity contribution in [2.45, 2.75) is 64.9 Å². The van der Waals surface area contributed by atoms with E-state index in [2.05, 4.69) is 25.9 Å². The first-order valence-corrected chi connectivity index (χ1v) is 13.3. The van der Waals surface area contributed by atoms with Gasteiger partial charge in [0.2, 0.25) is 11.8 Å². The van der Waals surface area contributed by atoms with Gasteiger partial charge in [0, 0.05) is 30.9 Å². The minimum absolute atomic E-state index is 0.0416. The number of hydrogen-bond acceptors (Lipinski definition) is 9. The van der Waals surface area contributed by atoms with Crippen molar-refractivity contribution in [1.29, 1.82) is 0 Å². The molecule has 0 fully saturated rings. The summed E-state index contributed by atoms with van der Waals surface area (Å²) in [5.41, 5.74) is 6.38. The number of nitrogens with zero attached hydrogens (tertiary/aromatic N) is 3. The standard InChI is InChI=1S/C26H39N7O6/c1-20-18-23(39-19-21-12-6-7-13-22(21)33(36)37)31-24(30-20)32-25(34)28-15-9-3-4-10-16-29-26(35)38-17-11-5-2-8-14-27/h6-7,12-13,18H,2-5,8-11,14-17,19,27H2,1H3,(H,29,35)(H2,28,30,31,32,34). The fourth-order valence-electron chi connectivity index (χ4n) is 3.59. The van der Waals surface area contributed by atoms with Gasteiger partial charge in [-0.25, -0.2) is 14.6 Å². The van der Waals surface area contributed by atoms with Crippen LogP contribution in [0.5, 0.6) is 5.88 Å². The number of benzene rings is 1. The third-order valence-corrected chi connectivity index (χ3v) is 5.61. The van der Waals surface area contributed by atoms with Gasteiger partial charge in [0.1, 0.15) is 6.61 Å². The average Bonchev–Trinajstić information content (AvgIpc) is 2.90. The van der Waals surface area contributed by atoms with Gasteiger partial charge in [-0.05, 0) is 45.2 Å². The number of carbonyl (C=O) groups is 2. The normalized spacial score (nSPS) is 10.5. The Labute approximate surface area is 228 Å². The second-order valence-electron chi connectivity index (χ2n) is 8.91. The van der Waals surface area contributed by atoms with Gasteiger partial charge in [-0.15, -0.1) is 0 Å². The molecule has 5 N–H and O–H groups in total. The lowest BCUT2D eigenvalue weighted by molar-refractivity contribution is -0.385. The van der Waals surface area contributed by atoms with Gasteiger partial charge in [-0.2, -0.15) is 4.98 Å². The van der Waals surface area contributed by atoms with Crippen molar-refractivity contribution in [3.05, 3.63) is 51.7 Å². The predicted octanol–water partition coefficient (Wildman–Crippen LogP) is 4.20. The fraction of sp³-hybridized carbons (Fsp3) is 0.538. The molecule has 0 aliphatic carbocycles. The first kappa shape index (κ1) is 31.2. The van der Waals surface area contributed by atoms with Crippen LogP contribution in [0.15, 0.2) is 30.3 Å². The summed E-state index contributed by atoms with van der Waals surface area (Å²) in [6.07, 6.45) is 6.92. The molecule has 0 radical (unpaired) electrons. The van der Waals surface area contributed by atoms with Gasteiger partial charge in [-0.3, -0.25) is 15.4 Å². The summed E-state index contributed by atoms with van der Waals surface area (Å²) < 4.78 is 10.7. The van der Waals surface area contributed by atoms with E-state index in [1.165, 1.54) is 6.07 Å². The molecule has 2 rings (SSSR count). The van der Waals surface area contributed by atoms with Gasteiger partial charge < -0.3 is 25.8 Å². The molecule has 1 aromatic carbocycles. The Bertz CT molecular complexity index is 1050. The Hall–Kier alpha value is -4.00. The van der Waals surface area contributed by atoms with Crippen LogP contribution in [0.25, 0.3) is 0 Å². The topological polar surface area (TPSA) is 184 Å². The summed E-state index contributed by atoms with van der Waals surface area (Å²) >= 11 is 0. The predicted molar refractivity (Wildman–Crippen MR) is 147 cm³/mol. The fourth-order valence-corrected chi connectivity index (χ4v) is 3.59. The zero-order chi connectivity index (χ0) is 28.3. The number of para-hydroxylation sites is 1. The molecule has 0 saturated carbocycles. The number of unbranched alkanes of at least 4 members (excludes halogenated alkanes) is 6. The highest BCUT2D eigenvalue weighted by Gasteiger charge is 2.14. The molecule has 13 nitrogen and oxygen atoms in total. The number of hydrogen-bond donors (Lipinski definition) is 4. The monoisotopic (exact) mass is 545 g/mol. The van der Waals surface area contributed by atoms with Crippen molar-refractivity contribution in [1.82, 2.24) is 20.6 Å². The molecule has 214 valence electrons. The van der Waals surface area contributed by atoms with Gasteiger partial charge in [-0.1, -0.05) is 37.8 Å². The minimum Gasteiger partial charge on any atom is -0.472 e. The number of alkyl carbamates (subject to hydrolysis) is 1. The number of nitrogens with two attached hydrogens (primary N) is 1. The molecular formula is C26H39N7O6. The zero-order valence-electron chi connectivity index (χ0n) is 22.4. The molecule has 0 aliphatic heterocycles. The van der Waals surface area contributed by atoms with Crippen LogP contribution in [0.3, 0.4) is 0 Å². The molecule has 0 bridgehead atoms. The lowest BCUT2D eigenvalue weighted by atomic mass is 10.2. The van der Waals surface area contributed by atoms with Crippen LogP contribution < -0.4 is 26.4 Å². The van der Waals surface area contributed by atoms with E-state index >= 15 is 0 Å². The van der Waals surface area contributed by atoms with Crippen molar-refractivity contribution in [3.63, 3.8) is 0 Å². The van der Waals surface area contributed by atoms with E-state index in [0.29, 0.717) is 37.5 Å². The van der Waals surface area contributed by atoms with Gasteiger partial charge >= 0.3 is 12.1 Å². The van der Waals surface area contributed by atoms with Crippen molar-refractivity contribution in [2.75, 3.05) is 31.6 Å². The van der Waals surface area contributed by atoms with Gasteiger partial charge in [0.05, 0.1) is 17.1 Å². The maximum Gasteiger partial charge on any atom is 0.407 e. The van der Waals surface area contributed by atoms with Gasteiger partial charge in [0.25, 0.3) is 5.69 Å². The largest absolute Gasteiger partial charge is 0.472 e. The molecule has 0 aliphatic rings. The number of rotatable bonds is 18. The van der Waals surface area contributed by atoms with Gasteiger partial charge in [0.15, 0.2) is 0 Å². The van der Waals surface area contributed by atoms with Crippen LogP contribution in [-0.2, 0) is 11.3 Å². The van der Waals surface area contributed by atoms with E-state index in [-0.39, 0.29) is 30.2 Å². The van der Waals surface area contributed by atoms with E-state index in [1.807, 2.05) is 0 Å². The zero-order valence-corrected chi connectivity index (χ0v) is 22.4. The maximum absolute atomic E-state index is 12.2. The SMILES string of the molecule is Cc1cc(OCc2ccccc2[N+](=O)[O-])nc(NC(=O)NCCCCCCNC(=O)OCCCCCCN)n1. The summed E-state index contributed by atoms with van der Waals surface area (Å²) in [6.45, 7) is 3.81. The number of aromatic nitrogens is 2. The summed E-state index contributed by atoms with van der Waals surface area (Å²) in [7, 11) is 0. The number of urea groups is 1. The minimum atomic E-state index is -0.469. The van der Waals surface area contributed by atoms with Crippen LogP contribution in [-0.4, -0.2) is 53.3 Å². The molecule has 1 heterocycles. The van der Waals surface area contributed by atoms with Crippen molar-refractivity contribution >= 4 is 23.8 Å². The highest BCUT2D eigenvalue weighted by atomic mass is 16.6. The number of carbonyl (C=O) groups excluding carboxylic acids is 2. The Morgan fingerprint density at radius 1 is 0.974 bits per heavy atom. The average molecular weight is 546 g/mol. The number of nitrogens with one attached hydrogen (secondary N) is 3. The molecule has 0 saturated heterocycles. The third-order valence-electron chi connectivity index (χ3n) is 5.61. The van der Waals surface area contributed by atoms with Crippen molar-refractivity contribution < 1.29 is 24.0 Å². The molecular weight excluding hydrogens is 506 g/mol. The summed E-state index contributed by atoms with van der Waals surface area (Å²) in [5.74, 6) is 0.259. The molecule has 2 aromatic rings. The first-order valence-electron chi connectivity index (χ1n) is 13.3. The Balaban J connectivity index is 1.58. The molecule has 13 heteroatoms. The van der Waals surface area contributed by atoms with E-state index in [9.17, 15) is 19.7 Å².